The average Bonchev–Trinajstić information content (AvgIpc) is 2.56. The molecule has 0 atom stereocenters. The number of nitrogens with two attached hydrogens (primary N) is 1. The van der Waals surface area contributed by atoms with E-state index in [2.05, 4.69) is 19.2 Å². The number of carbonyl (C=O) groups excluding carboxylic acids is 1. The molecule has 6 heteroatoms. The second-order valence-corrected chi connectivity index (χ2v) is 8.16. The molecule has 0 aliphatic rings. The Morgan fingerprint density at radius 3 is 2.27 bits per heavy atom. The van der Waals surface area contributed by atoms with Crippen LogP contribution in [0.15, 0.2) is 47.4 Å². The number of nitrogens with one attached hydrogen (secondary N) is 1. The lowest BCUT2D eigenvalue weighted by molar-refractivity contribution is -0.111. The lowest BCUT2D eigenvalue weighted by atomic mass is 10.0. The van der Waals surface area contributed by atoms with Crippen molar-refractivity contribution in [1.82, 2.24) is 0 Å². The summed E-state index contributed by atoms with van der Waals surface area (Å²) in [7, 11) is -3.84. The molecule has 0 aromatic heterocycles. The molecule has 1 amide bonds. The van der Waals surface area contributed by atoms with Gasteiger partial charge in [-0.3, -0.25) is 4.79 Å². The van der Waals surface area contributed by atoms with Gasteiger partial charge in [0.25, 0.3) is 0 Å². The maximum atomic E-state index is 12.2. The number of primary sulfonamides is 1. The number of amides is 1. The Morgan fingerprint density at radius 1 is 1.12 bits per heavy atom. The minimum absolute atomic E-state index is 0.0239. The van der Waals surface area contributed by atoms with Gasteiger partial charge in [0.15, 0.2) is 0 Å². The molecule has 0 heterocycles. The fourth-order valence-corrected chi connectivity index (χ4v) is 3.08. The Morgan fingerprint density at radius 2 is 1.73 bits per heavy atom. The maximum Gasteiger partial charge on any atom is 0.248 e. The van der Waals surface area contributed by atoms with E-state index in [1.54, 1.807) is 13.0 Å². The Hall–Kier alpha value is -2.44. The second-order valence-electron chi connectivity index (χ2n) is 6.60. The smallest absolute Gasteiger partial charge is 0.248 e. The Kier molecular flexibility index (Phi) is 6.00. The van der Waals surface area contributed by atoms with Crippen LogP contribution < -0.4 is 10.5 Å². The van der Waals surface area contributed by atoms with E-state index in [0.717, 1.165) is 16.7 Å². The zero-order chi connectivity index (χ0) is 19.5. The standard InChI is InChI=1S/C20H24N2O3S/c1-13(2)17-8-5-16(6-9-17)7-10-20(23)22-19-12-18(26(21,24)25)11-14(3)15(19)4/h5-13H,1-4H3,(H,22,23)(H2,21,24,25)/b10-7+. The number of aryl methyl sites for hydroxylation is 1. The van der Waals surface area contributed by atoms with Gasteiger partial charge in [-0.25, -0.2) is 13.6 Å². The van der Waals surface area contributed by atoms with Gasteiger partial charge in [0.1, 0.15) is 0 Å². The minimum atomic E-state index is -3.84. The van der Waals surface area contributed by atoms with E-state index in [1.165, 1.54) is 23.8 Å². The predicted octanol–water partition coefficient (Wildman–Crippen LogP) is 3.73. The quantitative estimate of drug-likeness (QED) is 0.784. The van der Waals surface area contributed by atoms with Crippen molar-refractivity contribution in [3.8, 4) is 0 Å². The normalized spacial score (nSPS) is 11.9. The highest BCUT2D eigenvalue weighted by Crippen LogP contribution is 2.23. The van der Waals surface area contributed by atoms with Crippen molar-refractivity contribution in [3.63, 3.8) is 0 Å². The molecule has 0 unspecified atom stereocenters. The van der Waals surface area contributed by atoms with E-state index >= 15 is 0 Å². The summed E-state index contributed by atoms with van der Waals surface area (Å²) in [5.41, 5.74) is 4.10. The zero-order valence-corrected chi connectivity index (χ0v) is 16.2. The molecule has 3 N–H and O–H groups in total. The topological polar surface area (TPSA) is 89.3 Å². The van der Waals surface area contributed by atoms with Crippen molar-refractivity contribution >= 4 is 27.7 Å². The van der Waals surface area contributed by atoms with Crippen LogP contribution >= 0.6 is 0 Å². The van der Waals surface area contributed by atoms with Gasteiger partial charge in [-0.1, -0.05) is 38.1 Å². The summed E-state index contributed by atoms with van der Waals surface area (Å²) < 4.78 is 23.1. The number of rotatable bonds is 5. The highest BCUT2D eigenvalue weighted by molar-refractivity contribution is 7.89. The van der Waals surface area contributed by atoms with E-state index in [9.17, 15) is 13.2 Å². The number of sulfonamides is 1. The van der Waals surface area contributed by atoms with Crippen molar-refractivity contribution in [2.45, 2.75) is 38.5 Å². The number of carbonyl (C=O) groups is 1. The summed E-state index contributed by atoms with van der Waals surface area (Å²) in [5.74, 6) is 0.112. The Labute approximate surface area is 155 Å². The molecule has 0 fully saturated rings. The van der Waals surface area contributed by atoms with Crippen LogP contribution in [0.1, 0.15) is 42.0 Å². The van der Waals surface area contributed by atoms with Gasteiger partial charge in [-0.05, 0) is 60.2 Å². The minimum Gasteiger partial charge on any atom is -0.322 e. The van der Waals surface area contributed by atoms with E-state index in [-0.39, 0.29) is 10.8 Å². The number of hydrogen-bond donors (Lipinski definition) is 2. The summed E-state index contributed by atoms with van der Waals surface area (Å²) >= 11 is 0. The van der Waals surface area contributed by atoms with Crippen LogP contribution in [0, 0.1) is 13.8 Å². The van der Waals surface area contributed by atoms with Crippen molar-refractivity contribution in [1.29, 1.82) is 0 Å². The highest BCUT2D eigenvalue weighted by Gasteiger charge is 2.13. The molecule has 5 nitrogen and oxygen atoms in total. The van der Waals surface area contributed by atoms with Crippen LogP contribution in [0.25, 0.3) is 6.08 Å². The monoisotopic (exact) mass is 372 g/mol. The van der Waals surface area contributed by atoms with Gasteiger partial charge in [-0.2, -0.15) is 0 Å². The molecule has 0 aliphatic carbocycles. The van der Waals surface area contributed by atoms with E-state index < -0.39 is 10.0 Å². The number of benzene rings is 2. The fraction of sp³-hybridized carbons (Fsp3) is 0.250. The zero-order valence-electron chi connectivity index (χ0n) is 15.4. The molecule has 0 aliphatic heterocycles. The lowest BCUT2D eigenvalue weighted by Crippen LogP contribution is -2.15. The third kappa shape index (κ3) is 5.03. The predicted molar refractivity (Wildman–Crippen MR) is 105 cm³/mol. The summed E-state index contributed by atoms with van der Waals surface area (Å²) in [6.07, 6.45) is 3.13. The molecule has 0 bridgehead atoms. The molecular formula is C20H24N2O3S. The van der Waals surface area contributed by atoms with Crippen molar-refractivity contribution < 1.29 is 13.2 Å². The first kappa shape index (κ1) is 19.9. The summed E-state index contributed by atoms with van der Waals surface area (Å²) in [5, 5.41) is 7.91. The van der Waals surface area contributed by atoms with Gasteiger partial charge >= 0.3 is 0 Å². The lowest BCUT2D eigenvalue weighted by Gasteiger charge is -2.11. The molecule has 138 valence electrons. The number of hydrogen-bond acceptors (Lipinski definition) is 3. The summed E-state index contributed by atoms with van der Waals surface area (Å²) in [6, 6.07) is 10.8. The molecule has 0 radical (unpaired) electrons. The largest absolute Gasteiger partial charge is 0.322 e. The first-order valence-corrected chi connectivity index (χ1v) is 9.85. The molecule has 26 heavy (non-hydrogen) atoms. The summed E-state index contributed by atoms with van der Waals surface area (Å²) in [4.78, 5) is 12.2. The van der Waals surface area contributed by atoms with Gasteiger partial charge in [0.2, 0.25) is 15.9 Å². The van der Waals surface area contributed by atoms with E-state index in [0.29, 0.717) is 11.6 Å². The van der Waals surface area contributed by atoms with Crippen molar-refractivity contribution in [2.75, 3.05) is 5.32 Å². The van der Waals surface area contributed by atoms with Gasteiger partial charge < -0.3 is 5.32 Å². The highest BCUT2D eigenvalue weighted by atomic mass is 32.2. The molecule has 2 aromatic carbocycles. The summed E-state index contributed by atoms with van der Waals surface area (Å²) in [6.45, 7) is 7.83. The molecule has 0 spiro atoms. The van der Waals surface area contributed by atoms with Crippen LogP contribution in [-0.2, 0) is 14.8 Å². The maximum absolute atomic E-state index is 12.2. The average molecular weight is 372 g/mol. The molecular weight excluding hydrogens is 348 g/mol. The molecule has 2 rings (SSSR count). The van der Waals surface area contributed by atoms with Crippen LogP contribution in [0.2, 0.25) is 0 Å². The van der Waals surface area contributed by atoms with Crippen LogP contribution in [0.5, 0.6) is 0 Å². The van der Waals surface area contributed by atoms with Crippen molar-refractivity contribution in [2.24, 2.45) is 5.14 Å². The second kappa shape index (κ2) is 7.85. The fourth-order valence-electron chi connectivity index (χ4n) is 2.46. The third-order valence-corrected chi connectivity index (χ3v) is 5.15. The van der Waals surface area contributed by atoms with Crippen LogP contribution in [0.3, 0.4) is 0 Å². The number of anilines is 1. The van der Waals surface area contributed by atoms with Crippen LogP contribution in [-0.4, -0.2) is 14.3 Å². The van der Waals surface area contributed by atoms with Crippen LogP contribution in [0.4, 0.5) is 5.69 Å². The van der Waals surface area contributed by atoms with Gasteiger partial charge in [-0.15, -0.1) is 0 Å². The SMILES string of the molecule is Cc1cc(S(N)(=O)=O)cc(NC(=O)/C=C/c2ccc(C(C)C)cc2)c1C. The van der Waals surface area contributed by atoms with Crippen molar-refractivity contribution in [3.05, 3.63) is 64.7 Å². The van der Waals surface area contributed by atoms with Gasteiger partial charge in [0.05, 0.1) is 4.90 Å². The molecule has 2 aromatic rings. The Balaban J connectivity index is 2.18. The van der Waals surface area contributed by atoms with E-state index in [4.69, 9.17) is 5.14 Å². The third-order valence-electron chi connectivity index (χ3n) is 4.26. The molecule has 0 saturated carbocycles. The molecule has 0 saturated heterocycles. The Bertz CT molecular complexity index is 944. The van der Waals surface area contributed by atoms with E-state index in [1.807, 2.05) is 31.2 Å². The first-order chi connectivity index (χ1) is 12.1. The first-order valence-electron chi connectivity index (χ1n) is 8.31. The van der Waals surface area contributed by atoms with Gasteiger partial charge in [0, 0.05) is 11.8 Å².